The molecule has 0 spiro atoms. The Labute approximate surface area is 93.9 Å². The second-order valence-electron chi connectivity index (χ2n) is 3.81. The fourth-order valence-electron chi connectivity index (χ4n) is 2.09. The third-order valence-electron chi connectivity index (χ3n) is 3.06. The highest BCUT2D eigenvalue weighted by Crippen LogP contribution is 2.27. The predicted molar refractivity (Wildman–Crippen MR) is 59.6 cm³/mol. The molecule has 4 heteroatoms. The summed E-state index contributed by atoms with van der Waals surface area (Å²) in [6, 6.07) is 1.01. The Bertz CT molecular complexity index is 199. The molecule has 1 fully saturated rings. The lowest BCUT2D eigenvalue weighted by atomic mass is 10.1. The maximum Gasteiger partial charge on any atom is 0.307 e. The molecule has 0 aliphatic carbocycles. The molecule has 1 rings (SSSR count). The third kappa shape index (κ3) is 2.95. The molecule has 0 saturated carbocycles. The van der Waals surface area contributed by atoms with Crippen LogP contribution in [0, 0.1) is 0 Å². The van der Waals surface area contributed by atoms with Crippen molar-refractivity contribution in [2.24, 2.45) is 0 Å². The van der Waals surface area contributed by atoms with E-state index in [1.54, 1.807) is 0 Å². The molecule has 3 nitrogen and oxygen atoms in total. The number of alkyl halides is 1. The van der Waals surface area contributed by atoms with Crippen molar-refractivity contribution in [3.05, 3.63) is 0 Å². The van der Waals surface area contributed by atoms with Gasteiger partial charge < -0.3 is 4.74 Å². The van der Waals surface area contributed by atoms with Crippen molar-refractivity contribution < 1.29 is 9.53 Å². The van der Waals surface area contributed by atoms with E-state index in [-0.39, 0.29) is 5.97 Å². The Balaban J connectivity index is 2.38. The van der Waals surface area contributed by atoms with Crippen molar-refractivity contribution in [1.82, 2.24) is 4.90 Å². The molecule has 0 aromatic heterocycles. The van der Waals surface area contributed by atoms with Crippen molar-refractivity contribution in [2.45, 2.75) is 37.8 Å². The monoisotopic (exact) mass is 263 g/mol. The molecular weight excluding hydrogens is 246 g/mol. The highest BCUT2D eigenvalue weighted by molar-refractivity contribution is 9.09. The standard InChI is InChI=1S/C10H18BrNO2/c1-12-8(5-6-11)3-4-9(12)7-10(13)14-2/h8-9H,3-7H2,1-2H3. The molecule has 0 radical (unpaired) electrons. The minimum atomic E-state index is -0.0960. The molecule has 0 bridgehead atoms. The van der Waals surface area contributed by atoms with Crippen LogP contribution >= 0.6 is 15.9 Å². The lowest BCUT2D eigenvalue weighted by Crippen LogP contribution is -2.34. The first kappa shape index (κ1) is 12.0. The molecule has 1 heterocycles. The summed E-state index contributed by atoms with van der Waals surface area (Å²) in [5.74, 6) is -0.0960. The van der Waals surface area contributed by atoms with Gasteiger partial charge in [0.05, 0.1) is 13.5 Å². The normalized spacial score (nSPS) is 27.9. The van der Waals surface area contributed by atoms with Crippen molar-refractivity contribution >= 4 is 21.9 Å². The van der Waals surface area contributed by atoms with E-state index >= 15 is 0 Å². The van der Waals surface area contributed by atoms with Crippen LogP contribution in [0.5, 0.6) is 0 Å². The zero-order chi connectivity index (χ0) is 10.6. The fourth-order valence-corrected chi connectivity index (χ4v) is 2.61. The van der Waals surface area contributed by atoms with Crippen LogP contribution in [0.2, 0.25) is 0 Å². The Kier molecular flexibility index (Phi) is 4.89. The van der Waals surface area contributed by atoms with Gasteiger partial charge in [-0.25, -0.2) is 0 Å². The molecule has 1 saturated heterocycles. The van der Waals surface area contributed by atoms with Gasteiger partial charge in [0, 0.05) is 17.4 Å². The topological polar surface area (TPSA) is 29.5 Å². The van der Waals surface area contributed by atoms with E-state index < -0.39 is 0 Å². The SMILES string of the molecule is COC(=O)CC1CCC(CCBr)N1C. The molecule has 2 unspecified atom stereocenters. The zero-order valence-electron chi connectivity index (χ0n) is 8.83. The summed E-state index contributed by atoms with van der Waals surface area (Å²) in [6.07, 6.45) is 4.01. The number of halogens is 1. The number of carbonyl (C=O) groups is 1. The second-order valence-corrected chi connectivity index (χ2v) is 4.60. The largest absolute Gasteiger partial charge is 0.469 e. The summed E-state index contributed by atoms with van der Waals surface area (Å²) < 4.78 is 4.68. The number of carbonyl (C=O) groups excluding carboxylic acids is 1. The highest BCUT2D eigenvalue weighted by atomic mass is 79.9. The van der Waals surface area contributed by atoms with E-state index in [1.165, 1.54) is 13.5 Å². The molecule has 1 aliphatic rings. The minimum Gasteiger partial charge on any atom is -0.469 e. The summed E-state index contributed by atoms with van der Waals surface area (Å²) in [5.41, 5.74) is 0. The van der Waals surface area contributed by atoms with Crippen LogP contribution < -0.4 is 0 Å². The van der Waals surface area contributed by atoms with E-state index in [1.807, 2.05) is 0 Å². The van der Waals surface area contributed by atoms with Gasteiger partial charge in [-0.1, -0.05) is 15.9 Å². The van der Waals surface area contributed by atoms with E-state index in [9.17, 15) is 4.79 Å². The predicted octanol–water partition coefficient (Wildman–Crippen LogP) is 1.80. The lowest BCUT2D eigenvalue weighted by Gasteiger charge is -2.24. The van der Waals surface area contributed by atoms with Gasteiger partial charge in [-0.2, -0.15) is 0 Å². The van der Waals surface area contributed by atoms with Crippen molar-refractivity contribution in [3.8, 4) is 0 Å². The number of hydrogen-bond acceptors (Lipinski definition) is 3. The number of hydrogen-bond donors (Lipinski definition) is 0. The Morgan fingerprint density at radius 3 is 2.71 bits per heavy atom. The van der Waals surface area contributed by atoms with Crippen LogP contribution in [0.1, 0.15) is 25.7 Å². The lowest BCUT2D eigenvalue weighted by molar-refractivity contribution is -0.141. The molecule has 0 amide bonds. The first-order chi connectivity index (χ1) is 6.69. The zero-order valence-corrected chi connectivity index (χ0v) is 10.4. The molecule has 14 heavy (non-hydrogen) atoms. The maximum absolute atomic E-state index is 11.1. The van der Waals surface area contributed by atoms with Gasteiger partial charge in [-0.3, -0.25) is 9.69 Å². The van der Waals surface area contributed by atoms with Crippen LogP contribution in [0.4, 0.5) is 0 Å². The number of rotatable bonds is 4. The van der Waals surface area contributed by atoms with E-state index in [0.29, 0.717) is 18.5 Å². The Hall–Kier alpha value is -0.0900. The summed E-state index contributed by atoms with van der Waals surface area (Å²) >= 11 is 3.45. The molecule has 1 aliphatic heterocycles. The van der Waals surface area contributed by atoms with E-state index in [4.69, 9.17) is 0 Å². The number of esters is 1. The number of ether oxygens (including phenoxy) is 1. The molecule has 82 valence electrons. The minimum absolute atomic E-state index is 0.0960. The molecule has 0 aromatic rings. The summed E-state index contributed by atoms with van der Waals surface area (Å²) in [6.45, 7) is 0. The molecule has 0 aromatic carbocycles. The maximum atomic E-state index is 11.1. The first-order valence-electron chi connectivity index (χ1n) is 5.03. The van der Waals surface area contributed by atoms with Gasteiger partial charge in [0.25, 0.3) is 0 Å². The number of methoxy groups -OCH3 is 1. The Morgan fingerprint density at radius 1 is 1.50 bits per heavy atom. The van der Waals surface area contributed by atoms with Crippen molar-refractivity contribution in [1.29, 1.82) is 0 Å². The second kappa shape index (κ2) is 5.71. The first-order valence-corrected chi connectivity index (χ1v) is 6.16. The summed E-state index contributed by atoms with van der Waals surface area (Å²) in [7, 11) is 3.56. The van der Waals surface area contributed by atoms with Crippen LogP contribution in [-0.2, 0) is 9.53 Å². The van der Waals surface area contributed by atoms with Crippen molar-refractivity contribution in [3.63, 3.8) is 0 Å². The van der Waals surface area contributed by atoms with E-state index in [0.717, 1.165) is 18.2 Å². The van der Waals surface area contributed by atoms with Gasteiger partial charge in [0.1, 0.15) is 0 Å². The number of nitrogens with zero attached hydrogens (tertiary/aromatic N) is 1. The third-order valence-corrected chi connectivity index (χ3v) is 3.52. The molecule has 0 N–H and O–H groups in total. The smallest absolute Gasteiger partial charge is 0.307 e. The molecular formula is C10H18BrNO2. The van der Waals surface area contributed by atoms with Gasteiger partial charge >= 0.3 is 5.97 Å². The van der Waals surface area contributed by atoms with Crippen LogP contribution in [0.15, 0.2) is 0 Å². The average Bonchev–Trinajstić information content (AvgIpc) is 2.50. The van der Waals surface area contributed by atoms with Crippen molar-refractivity contribution in [2.75, 3.05) is 19.5 Å². The van der Waals surface area contributed by atoms with E-state index in [2.05, 4.69) is 32.6 Å². The fraction of sp³-hybridized carbons (Fsp3) is 0.900. The van der Waals surface area contributed by atoms with Crippen LogP contribution in [0.25, 0.3) is 0 Å². The van der Waals surface area contributed by atoms with Crippen LogP contribution in [-0.4, -0.2) is 42.4 Å². The highest BCUT2D eigenvalue weighted by Gasteiger charge is 2.31. The summed E-state index contributed by atoms with van der Waals surface area (Å²) in [4.78, 5) is 13.4. The molecule has 2 atom stereocenters. The number of likely N-dealkylation sites (tertiary alicyclic amines) is 1. The summed E-state index contributed by atoms with van der Waals surface area (Å²) in [5, 5.41) is 1.03. The Morgan fingerprint density at radius 2 is 2.14 bits per heavy atom. The van der Waals surface area contributed by atoms with Gasteiger partial charge in [0.15, 0.2) is 0 Å². The quantitative estimate of drug-likeness (QED) is 0.572. The average molecular weight is 264 g/mol. The van der Waals surface area contributed by atoms with Gasteiger partial charge in [0.2, 0.25) is 0 Å². The van der Waals surface area contributed by atoms with Crippen LogP contribution in [0.3, 0.4) is 0 Å². The van der Waals surface area contributed by atoms with Gasteiger partial charge in [-0.05, 0) is 26.3 Å². The van der Waals surface area contributed by atoms with Gasteiger partial charge in [-0.15, -0.1) is 0 Å².